The number of nitrogens with zero attached hydrogens (tertiary/aromatic N) is 1. The molecular formula is C10H8N2O4. The highest BCUT2D eigenvalue weighted by molar-refractivity contribution is 6.04. The minimum Gasteiger partial charge on any atom is -0.481 e. The van der Waals surface area contributed by atoms with Crippen LogP contribution in [0.1, 0.15) is 16.9 Å². The first-order chi connectivity index (χ1) is 7.66. The van der Waals surface area contributed by atoms with Crippen LogP contribution >= 0.6 is 0 Å². The molecule has 0 amide bonds. The first-order valence-electron chi connectivity index (χ1n) is 4.51. The molecule has 0 bridgehead atoms. The van der Waals surface area contributed by atoms with Crippen LogP contribution in [-0.2, 0) is 4.79 Å². The van der Waals surface area contributed by atoms with Crippen molar-refractivity contribution in [1.29, 1.82) is 0 Å². The van der Waals surface area contributed by atoms with Gasteiger partial charge in [0, 0.05) is 0 Å². The van der Waals surface area contributed by atoms with E-state index >= 15 is 0 Å². The highest BCUT2D eigenvalue weighted by Gasteiger charge is 2.15. The van der Waals surface area contributed by atoms with Crippen LogP contribution in [0.2, 0.25) is 0 Å². The Morgan fingerprint density at radius 1 is 1.50 bits per heavy atom. The summed E-state index contributed by atoms with van der Waals surface area (Å²) in [4.78, 5) is 21.7. The summed E-state index contributed by atoms with van der Waals surface area (Å²) < 4.78 is 5.09. The van der Waals surface area contributed by atoms with E-state index in [1.807, 2.05) is 0 Å². The first-order valence-corrected chi connectivity index (χ1v) is 4.51. The van der Waals surface area contributed by atoms with Crippen molar-refractivity contribution in [3.05, 3.63) is 30.2 Å². The van der Waals surface area contributed by atoms with Gasteiger partial charge in [0.1, 0.15) is 17.8 Å². The van der Waals surface area contributed by atoms with Crippen LogP contribution < -0.4 is 0 Å². The van der Waals surface area contributed by atoms with Crippen LogP contribution in [0.25, 0.3) is 11.5 Å². The number of aliphatic carboxylic acids is 1. The topological polar surface area (TPSA) is 96.2 Å². The van der Waals surface area contributed by atoms with E-state index in [4.69, 9.17) is 9.52 Å². The lowest BCUT2D eigenvalue weighted by Crippen LogP contribution is -2.07. The molecular weight excluding hydrogens is 212 g/mol. The monoisotopic (exact) mass is 220 g/mol. The maximum absolute atomic E-state index is 11.3. The predicted molar refractivity (Wildman–Crippen MR) is 52.9 cm³/mol. The zero-order valence-electron chi connectivity index (χ0n) is 8.14. The van der Waals surface area contributed by atoms with Gasteiger partial charge in [-0.05, 0) is 18.2 Å². The lowest BCUT2D eigenvalue weighted by molar-refractivity contribution is -0.135. The van der Waals surface area contributed by atoms with Gasteiger partial charge < -0.3 is 9.52 Å². The van der Waals surface area contributed by atoms with Gasteiger partial charge in [-0.15, -0.1) is 0 Å². The second kappa shape index (κ2) is 4.01. The standard InChI is InChI=1S/C10H8N2O4/c13-8(5-10(14)15)6-4-7(12-11-6)9-2-1-3-16-9/h1-4H,5H2,(H,11,12)(H,14,15). The highest BCUT2D eigenvalue weighted by Crippen LogP contribution is 2.18. The third-order valence-electron chi connectivity index (χ3n) is 1.96. The predicted octanol–water partition coefficient (Wildman–Crippen LogP) is 1.33. The number of carbonyl (C=O) groups excluding carboxylic acids is 1. The Morgan fingerprint density at radius 2 is 2.31 bits per heavy atom. The van der Waals surface area contributed by atoms with E-state index in [1.165, 1.54) is 12.3 Å². The van der Waals surface area contributed by atoms with Crippen molar-refractivity contribution in [2.45, 2.75) is 6.42 Å². The van der Waals surface area contributed by atoms with Gasteiger partial charge >= 0.3 is 5.97 Å². The number of carboxylic acid groups (broad SMARTS) is 1. The number of hydrogen-bond acceptors (Lipinski definition) is 4. The number of ketones is 1. The van der Waals surface area contributed by atoms with Gasteiger partial charge in [0.05, 0.1) is 6.26 Å². The number of Topliss-reactive ketones (excluding diaryl/α,β-unsaturated/α-hetero) is 1. The van der Waals surface area contributed by atoms with Crippen molar-refractivity contribution in [3.8, 4) is 11.5 Å². The molecule has 0 aliphatic rings. The van der Waals surface area contributed by atoms with Crippen LogP contribution in [0, 0.1) is 0 Å². The summed E-state index contributed by atoms with van der Waals surface area (Å²) in [6.07, 6.45) is 0.928. The van der Waals surface area contributed by atoms with E-state index in [-0.39, 0.29) is 5.69 Å². The Kier molecular flexibility index (Phi) is 2.55. The minimum atomic E-state index is -1.17. The molecule has 0 atom stereocenters. The summed E-state index contributed by atoms with van der Waals surface area (Å²) in [7, 11) is 0. The summed E-state index contributed by atoms with van der Waals surface area (Å²) in [5.74, 6) is -1.17. The van der Waals surface area contributed by atoms with E-state index in [9.17, 15) is 9.59 Å². The fourth-order valence-corrected chi connectivity index (χ4v) is 1.25. The average Bonchev–Trinajstić information content (AvgIpc) is 2.87. The molecule has 2 aromatic heterocycles. The Morgan fingerprint density at radius 3 is 2.94 bits per heavy atom. The zero-order valence-corrected chi connectivity index (χ0v) is 8.14. The van der Waals surface area contributed by atoms with Crippen molar-refractivity contribution in [1.82, 2.24) is 10.2 Å². The van der Waals surface area contributed by atoms with Gasteiger partial charge in [-0.3, -0.25) is 14.7 Å². The molecule has 0 unspecified atom stereocenters. The number of hydrogen-bond donors (Lipinski definition) is 2. The van der Waals surface area contributed by atoms with Crippen molar-refractivity contribution >= 4 is 11.8 Å². The Balaban J connectivity index is 2.20. The summed E-state index contributed by atoms with van der Waals surface area (Å²) in [6, 6.07) is 4.87. The number of rotatable bonds is 4. The molecule has 0 fully saturated rings. The third kappa shape index (κ3) is 2.00. The quantitative estimate of drug-likeness (QED) is 0.598. The Labute approximate surface area is 89.9 Å². The molecule has 6 heteroatoms. The minimum absolute atomic E-state index is 0.0915. The van der Waals surface area contributed by atoms with E-state index in [1.54, 1.807) is 12.1 Å². The molecule has 0 aliphatic carbocycles. The maximum atomic E-state index is 11.3. The molecule has 2 N–H and O–H groups in total. The number of carboxylic acids is 1. The molecule has 2 aromatic rings. The molecule has 0 saturated heterocycles. The lowest BCUT2D eigenvalue weighted by atomic mass is 10.2. The molecule has 0 saturated carbocycles. The van der Waals surface area contributed by atoms with Gasteiger partial charge in [0.25, 0.3) is 0 Å². The number of furan rings is 1. The summed E-state index contributed by atoms with van der Waals surface area (Å²) in [5.41, 5.74) is 0.632. The van der Waals surface area contributed by atoms with Crippen LogP contribution in [0.5, 0.6) is 0 Å². The van der Waals surface area contributed by atoms with Crippen molar-refractivity contribution < 1.29 is 19.1 Å². The second-order valence-corrected chi connectivity index (χ2v) is 3.14. The Bertz CT molecular complexity index is 513. The number of carbonyl (C=O) groups is 2. The molecule has 6 nitrogen and oxygen atoms in total. The van der Waals surface area contributed by atoms with Crippen molar-refractivity contribution in [2.75, 3.05) is 0 Å². The fourth-order valence-electron chi connectivity index (χ4n) is 1.25. The lowest BCUT2D eigenvalue weighted by Gasteiger charge is -1.89. The SMILES string of the molecule is O=C(O)CC(=O)c1cc(-c2ccco2)[nH]n1. The number of aromatic nitrogens is 2. The van der Waals surface area contributed by atoms with E-state index < -0.39 is 18.2 Å². The summed E-state index contributed by atoms with van der Waals surface area (Å²) >= 11 is 0. The Hall–Kier alpha value is -2.37. The largest absolute Gasteiger partial charge is 0.481 e. The van der Waals surface area contributed by atoms with Gasteiger partial charge in [0.15, 0.2) is 11.5 Å². The average molecular weight is 220 g/mol. The molecule has 0 radical (unpaired) electrons. The van der Waals surface area contributed by atoms with Crippen LogP contribution in [0.4, 0.5) is 0 Å². The molecule has 0 aliphatic heterocycles. The highest BCUT2D eigenvalue weighted by atomic mass is 16.4. The fraction of sp³-hybridized carbons (Fsp3) is 0.100. The smallest absolute Gasteiger partial charge is 0.311 e. The second-order valence-electron chi connectivity index (χ2n) is 3.14. The van der Waals surface area contributed by atoms with Gasteiger partial charge in [0.2, 0.25) is 0 Å². The summed E-state index contributed by atoms with van der Waals surface area (Å²) in [6.45, 7) is 0. The van der Waals surface area contributed by atoms with Crippen molar-refractivity contribution in [2.24, 2.45) is 0 Å². The van der Waals surface area contributed by atoms with Crippen LogP contribution in [0.3, 0.4) is 0 Å². The summed E-state index contributed by atoms with van der Waals surface area (Å²) in [5, 5.41) is 14.8. The molecule has 2 rings (SSSR count). The first kappa shape index (κ1) is 10.2. The van der Waals surface area contributed by atoms with E-state index in [0.29, 0.717) is 11.5 Å². The normalized spacial score (nSPS) is 10.2. The molecule has 0 aromatic carbocycles. The number of H-pyrrole nitrogens is 1. The molecule has 0 spiro atoms. The van der Waals surface area contributed by atoms with E-state index in [2.05, 4.69) is 10.2 Å². The number of aromatic amines is 1. The van der Waals surface area contributed by atoms with Gasteiger partial charge in [-0.25, -0.2) is 0 Å². The third-order valence-corrected chi connectivity index (χ3v) is 1.96. The molecule has 2 heterocycles. The van der Waals surface area contributed by atoms with Gasteiger partial charge in [-0.1, -0.05) is 0 Å². The maximum Gasteiger partial charge on any atom is 0.311 e. The molecule has 82 valence electrons. The number of nitrogens with one attached hydrogen (secondary N) is 1. The van der Waals surface area contributed by atoms with E-state index in [0.717, 1.165) is 0 Å². The zero-order chi connectivity index (χ0) is 11.5. The van der Waals surface area contributed by atoms with Gasteiger partial charge in [-0.2, -0.15) is 5.10 Å². The van der Waals surface area contributed by atoms with Crippen LogP contribution in [0.15, 0.2) is 28.9 Å². The van der Waals surface area contributed by atoms with Crippen LogP contribution in [-0.4, -0.2) is 27.1 Å². The molecule has 16 heavy (non-hydrogen) atoms. The van der Waals surface area contributed by atoms with Crippen molar-refractivity contribution in [3.63, 3.8) is 0 Å².